The topological polar surface area (TPSA) is 55.1 Å². The zero-order valence-electron chi connectivity index (χ0n) is 12.1. The maximum absolute atomic E-state index is 12.7. The molecule has 0 spiro atoms. The monoisotopic (exact) mass is 292 g/mol. The summed E-state index contributed by atoms with van der Waals surface area (Å²) in [6.07, 6.45) is 3.07. The van der Waals surface area contributed by atoms with Crippen LogP contribution < -0.4 is 5.43 Å². The smallest absolute Gasteiger partial charge is 0.194 e. The molecule has 0 saturated carbocycles. The Hall–Kier alpha value is -2.46. The van der Waals surface area contributed by atoms with Crippen molar-refractivity contribution in [2.45, 2.75) is 25.4 Å². The van der Waals surface area contributed by atoms with Gasteiger partial charge in [0.15, 0.2) is 5.43 Å². The zero-order valence-corrected chi connectivity index (χ0v) is 12.1. The standard InChI is InChI=1S/C18H16N2O2/c21-13-8-9-16-15(11-13)17(22)14-7-4-10-19-18(14)20(16)12-5-2-1-3-6-12/h1-7,10,13,21H,8-9,11H2. The highest BCUT2D eigenvalue weighted by Crippen LogP contribution is 2.26. The molecule has 1 N–H and O–H groups in total. The molecule has 0 aliphatic heterocycles. The highest BCUT2D eigenvalue weighted by molar-refractivity contribution is 5.78. The van der Waals surface area contributed by atoms with Crippen molar-refractivity contribution < 1.29 is 5.11 Å². The van der Waals surface area contributed by atoms with Crippen LogP contribution in [0, 0.1) is 0 Å². The number of aliphatic hydroxyl groups excluding tert-OH is 1. The molecular formula is C18H16N2O2. The van der Waals surface area contributed by atoms with Gasteiger partial charge in [-0.25, -0.2) is 4.98 Å². The Labute approximate surface area is 127 Å². The second-order valence-electron chi connectivity index (χ2n) is 5.70. The molecule has 1 aromatic carbocycles. The molecule has 0 saturated heterocycles. The van der Waals surface area contributed by atoms with Crippen LogP contribution in [0.5, 0.6) is 0 Å². The molecule has 1 unspecified atom stereocenters. The molecule has 22 heavy (non-hydrogen) atoms. The van der Waals surface area contributed by atoms with Gasteiger partial charge in [-0.2, -0.15) is 0 Å². The lowest BCUT2D eigenvalue weighted by Gasteiger charge is -2.25. The minimum absolute atomic E-state index is 0.00373. The van der Waals surface area contributed by atoms with Gasteiger partial charge in [0, 0.05) is 29.6 Å². The molecule has 1 atom stereocenters. The van der Waals surface area contributed by atoms with E-state index in [4.69, 9.17) is 0 Å². The molecule has 1 aliphatic rings. The molecule has 0 fully saturated rings. The van der Waals surface area contributed by atoms with Gasteiger partial charge in [-0.1, -0.05) is 18.2 Å². The van der Waals surface area contributed by atoms with Crippen LogP contribution in [0.15, 0.2) is 53.5 Å². The Morgan fingerprint density at radius 3 is 2.77 bits per heavy atom. The first-order chi connectivity index (χ1) is 10.8. The summed E-state index contributed by atoms with van der Waals surface area (Å²) < 4.78 is 2.07. The number of para-hydroxylation sites is 1. The summed E-state index contributed by atoms with van der Waals surface area (Å²) in [5.74, 6) is 0. The molecule has 3 aromatic rings. The Morgan fingerprint density at radius 1 is 1.14 bits per heavy atom. The quantitative estimate of drug-likeness (QED) is 0.748. The van der Waals surface area contributed by atoms with Crippen molar-refractivity contribution in [1.29, 1.82) is 0 Å². The largest absolute Gasteiger partial charge is 0.393 e. The van der Waals surface area contributed by atoms with E-state index in [1.54, 1.807) is 12.3 Å². The fourth-order valence-electron chi connectivity index (χ4n) is 3.28. The first-order valence-electron chi connectivity index (χ1n) is 7.50. The lowest BCUT2D eigenvalue weighted by Crippen LogP contribution is -2.29. The number of fused-ring (bicyclic) bond motifs is 2. The summed E-state index contributed by atoms with van der Waals surface area (Å²) in [6.45, 7) is 0. The minimum atomic E-state index is -0.432. The third-order valence-corrected chi connectivity index (χ3v) is 4.30. The van der Waals surface area contributed by atoms with Crippen LogP contribution in [0.2, 0.25) is 0 Å². The van der Waals surface area contributed by atoms with Crippen LogP contribution in [0.3, 0.4) is 0 Å². The van der Waals surface area contributed by atoms with E-state index in [-0.39, 0.29) is 5.43 Å². The van der Waals surface area contributed by atoms with Gasteiger partial charge in [-0.05, 0) is 37.1 Å². The fraction of sp³-hybridized carbons (Fsp3) is 0.222. The maximum atomic E-state index is 12.7. The Morgan fingerprint density at radius 2 is 1.95 bits per heavy atom. The predicted molar refractivity (Wildman–Crippen MR) is 85.4 cm³/mol. The molecule has 0 bridgehead atoms. The van der Waals surface area contributed by atoms with E-state index in [0.717, 1.165) is 16.9 Å². The Balaban J connectivity index is 2.14. The highest BCUT2D eigenvalue weighted by Gasteiger charge is 2.24. The lowest BCUT2D eigenvalue weighted by molar-refractivity contribution is 0.157. The summed E-state index contributed by atoms with van der Waals surface area (Å²) in [5.41, 5.74) is 3.40. The number of hydrogen-bond donors (Lipinski definition) is 1. The second kappa shape index (κ2) is 5.07. The Bertz CT molecular complexity index is 900. The number of aromatic nitrogens is 2. The summed E-state index contributed by atoms with van der Waals surface area (Å²) in [6, 6.07) is 13.6. The van der Waals surface area contributed by atoms with Crippen molar-refractivity contribution in [3.05, 3.63) is 70.1 Å². The SMILES string of the molecule is O=c1c2c(n(-c3ccccc3)c3ncccc13)CCC(O)C2. The van der Waals surface area contributed by atoms with E-state index in [1.807, 2.05) is 36.4 Å². The maximum Gasteiger partial charge on any atom is 0.194 e. The summed E-state index contributed by atoms with van der Waals surface area (Å²) >= 11 is 0. The molecule has 1 aliphatic carbocycles. The van der Waals surface area contributed by atoms with Crippen LogP contribution in [-0.4, -0.2) is 20.8 Å². The number of hydrogen-bond acceptors (Lipinski definition) is 3. The van der Waals surface area contributed by atoms with Crippen molar-refractivity contribution in [3.8, 4) is 5.69 Å². The van der Waals surface area contributed by atoms with Gasteiger partial charge in [0.1, 0.15) is 5.65 Å². The third kappa shape index (κ3) is 1.96. The van der Waals surface area contributed by atoms with E-state index in [1.165, 1.54) is 0 Å². The van der Waals surface area contributed by atoms with Gasteiger partial charge in [-0.15, -0.1) is 0 Å². The lowest BCUT2D eigenvalue weighted by atomic mass is 9.92. The molecule has 0 radical (unpaired) electrons. The average Bonchev–Trinajstić information content (AvgIpc) is 2.57. The van der Waals surface area contributed by atoms with Gasteiger partial charge in [0.2, 0.25) is 0 Å². The van der Waals surface area contributed by atoms with Crippen molar-refractivity contribution in [3.63, 3.8) is 0 Å². The first kappa shape index (κ1) is 13.2. The van der Waals surface area contributed by atoms with Crippen LogP contribution in [0.1, 0.15) is 17.7 Å². The van der Waals surface area contributed by atoms with Gasteiger partial charge in [0.05, 0.1) is 11.5 Å². The van der Waals surface area contributed by atoms with Crippen molar-refractivity contribution in [2.75, 3.05) is 0 Å². The summed E-state index contributed by atoms with van der Waals surface area (Å²) in [4.78, 5) is 17.2. The number of pyridine rings is 2. The van der Waals surface area contributed by atoms with E-state index in [9.17, 15) is 9.90 Å². The molecule has 110 valence electrons. The Kier molecular flexibility index (Phi) is 3.05. The molecule has 4 heteroatoms. The fourth-order valence-corrected chi connectivity index (χ4v) is 3.28. The third-order valence-electron chi connectivity index (χ3n) is 4.30. The second-order valence-corrected chi connectivity index (χ2v) is 5.70. The van der Waals surface area contributed by atoms with E-state index in [0.29, 0.717) is 30.3 Å². The molecule has 0 amide bonds. The van der Waals surface area contributed by atoms with Gasteiger partial charge in [0.25, 0.3) is 0 Å². The number of nitrogens with zero attached hydrogens (tertiary/aromatic N) is 2. The average molecular weight is 292 g/mol. The van der Waals surface area contributed by atoms with E-state index < -0.39 is 6.10 Å². The number of benzene rings is 1. The molecular weight excluding hydrogens is 276 g/mol. The van der Waals surface area contributed by atoms with Crippen molar-refractivity contribution >= 4 is 11.0 Å². The van der Waals surface area contributed by atoms with Gasteiger partial charge in [-0.3, -0.25) is 9.36 Å². The molecule has 2 aromatic heterocycles. The summed E-state index contributed by atoms with van der Waals surface area (Å²) in [7, 11) is 0. The highest BCUT2D eigenvalue weighted by atomic mass is 16.3. The van der Waals surface area contributed by atoms with Crippen LogP contribution >= 0.6 is 0 Å². The molecule has 4 rings (SSSR count). The summed E-state index contributed by atoms with van der Waals surface area (Å²) in [5, 5.41) is 10.6. The molecule has 4 nitrogen and oxygen atoms in total. The zero-order chi connectivity index (χ0) is 15.1. The van der Waals surface area contributed by atoms with Crippen molar-refractivity contribution in [1.82, 2.24) is 9.55 Å². The van der Waals surface area contributed by atoms with Crippen LogP contribution in [0.4, 0.5) is 0 Å². The van der Waals surface area contributed by atoms with Crippen LogP contribution in [-0.2, 0) is 12.8 Å². The van der Waals surface area contributed by atoms with Gasteiger partial charge < -0.3 is 5.11 Å². The van der Waals surface area contributed by atoms with Crippen molar-refractivity contribution in [2.24, 2.45) is 0 Å². The van der Waals surface area contributed by atoms with Gasteiger partial charge >= 0.3 is 0 Å². The van der Waals surface area contributed by atoms with Crippen LogP contribution in [0.25, 0.3) is 16.7 Å². The minimum Gasteiger partial charge on any atom is -0.393 e. The van der Waals surface area contributed by atoms with E-state index >= 15 is 0 Å². The number of aliphatic hydroxyl groups is 1. The normalized spacial score (nSPS) is 17.4. The van der Waals surface area contributed by atoms with E-state index in [2.05, 4.69) is 9.55 Å². The molecule has 2 heterocycles. The first-order valence-corrected chi connectivity index (χ1v) is 7.50. The predicted octanol–water partition coefficient (Wildman–Crippen LogP) is 2.24. The number of rotatable bonds is 1.